The van der Waals surface area contributed by atoms with Crippen LogP contribution < -0.4 is 10.4 Å². The molecule has 0 N–H and O–H groups in total. The zero-order chi connectivity index (χ0) is 15.8. The summed E-state index contributed by atoms with van der Waals surface area (Å²) in [6, 6.07) is 8.55. The number of benzene rings is 1. The van der Waals surface area contributed by atoms with E-state index in [0.717, 1.165) is 38.2 Å². The molecule has 0 spiro atoms. The van der Waals surface area contributed by atoms with Crippen molar-refractivity contribution in [2.24, 2.45) is 0 Å². The normalized spacial score (nSPS) is 28.2. The van der Waals surface area contributed by atoms with Crippen LogP contribution in [0.2, 0.25) is 0 Å². The van der Waals surface area contributed by atoms with Gasteiger partial charge >= 0.3 is 7.12 Å². The van der Waals surface area contributed by atoms with E-state index < -0.39 is 0 Å². The van der Waals surface area contributed by atoms with Crippen molar-refractivity contribution < 1.29 is 14.0 Å². The SMILES string of the molecule is CCC1(C)OB(c2ccc(N3CCOCC3)cc2)OC1(C)C. The summed E-state index contributed by atoms with van der Waals surface area (Å²) in [6.45, 7) is 12.0. The van der Waals surface area contributed by atoms with Gasteiger partial charge in [0.15, 0.2) is 0 Å². The van der Waals surface area contributed by atoms with E-state index in [-0.39, 0.29) is 18.3 Å². The van der Waals surface area contributed by atoms with Gasteiger partial charge in [-0.2, -0.15) is 0 Å². The van der Waals surface area contributed by atoms with Crippen LogP contribution in [0.15, 0.2) is 24.3 Å². The summed E-state index contributed by atoms with van der Waals surface area (Å²) in [5, 5.41) is 0. The van der Waals surface area contributed by atoms with Crippen molar-refractivity contribution in [2.75, 3.05) is 31.2 Å². The Morgan fingerprint density at radius 1 is 1.05 bits per heavy atom. The molecule has 0 aliphatic carbocycles. The van der Waals surface area contributed by atoms with E-state index in [0.29, 0.717) is 0 Å². The molecule has 0 aromatic heterocycles. The molecule has 0 saturated carbocycles. The molecule has 1 unspecified atom stereocenters. The van der Waals surface area contributed by atoms with E-state index >= 15 is 0 Å². The highest BCUT2D eigenvalue weighted by molar-refractivity contribution is 6.62. The largest absolute Gasteiger partial charge is 0.494 e. The fourth-order valence-corrected chi connectivity index (χ4v) is 3.10. The third-order valence-electron chi connectivity index (χ3n) is 5.26. The molecule has 2 aliphatic heterocycles. The lowest BCUT2D eigenvalue weighted by Crippen LogP contribution is -2.44. The van der Waals surface area contributed by atoms with Crippen molar-refractivity contribution >= 4 is 18.3 Å². The van der Waals surface area contributed by atoms with Crippen molar-refractivity contribution in [2.45, 2.75) is 45.3 Å². The zero-order valence-electron chi connectivity index (χ0n) is 14.1. The number of nitrogens with zero attached hydrogens (tertiary/aromatic N) is 1. The molecular formula is C17H26BNO3. The molecule has 1 aromatic rings. The lowest BCUT2D eigenvalue weighted by atomic mass is 9.79. The van der Waals surface area contributed by atoms with Gasteiger partial charge in [-0.1, -0.05) is 19.1 Å². The van der Waals surface area contributed by atoms with Crippen LogP contribution in [0.25, 0.3) is 0 Å². The molecule has 0 radical (unpaired) electrons. The Morgan fingerprint density at radius 3 is 2.23 bits per heavy atom. The number of morpholine rings is 1. The van der Waals surface area contributed by atoms with Gasteiger partial charge in [0.05, 0.1) is 24.4 Å². The Kier molecular flexibility index (Phi) is 4.23. The Balaban J connectivity index is 1.74. The van der Waals surface area contributed by atoms with Gasteiger partial charge in [0.1, 0.15) is 0 Å². The van der Waals surface area contributed by atoms with E-state index in [2.05, 4.69) is 56.9 Å². The zero-order valence-corrected chi connectivity index (χ0v) is 14.1. The Morgan fingerprint density at radius 2 is 1.68 bits per heavy atom. The quantitative estimate of drug-likeness (QED) is 0.801. The molecule has 1 aromatic carbocycles. The minimum absolute atomic E-state index is 0.249. The van der Waals surface area contributed by atoms with Crippen LogP contribution in [-0.2, 0) is 14.0 Å². The Bertz CT molecular complexity index is 513. The fraction of sp³-hybridized carbons (Fsp3) is 0.647. The third-order valence-corrected chi connectivity index (χ3v) is 5.26. The minimum atomic E-state index is -0.282. The molecule has 22 heavy (non-hydrogen) atoms. The maximum atomic E-state index is 6.23. The van der Waals surface area contributed by atoms with E-state index in [1.165, 1.54) is 5.69 Å². The topological polar surface area (TPSA) is 30.9 Å². The van der Waals surface area contributed by atoms with Crippen LogP contribution in [0.3, 0.4) is 0 Å². The molecule has 2 aliphatic rings. The van der Waals surface area contributed by atoms with Gasteiger partial charge in [0.25, 0.3) is 0 Å². The average Bonchev–Trinajstić information content (AvgIpc) is 2.79. The summed E-state index contributed by atoms with van der Waals surface area (Å²) in [5.41, 5.74) is 1.79. The van der Waals surface area contributed by atoms with Crippen LogP contribution >= 0.6 is 0 Å². The standard InChI is InChI=1S/C17H26BNO3/c1-5-17(4)16(2,3)21-18(22-17)14-6-8-15(9-7-14)19-10-12-20-13-11-19/h6-9H,5,10-13H2,1-4H3. The maximum Gasteiger partial charge on any atom is 0.494 e. The summed E-state index contributed by atoms with van der Waals surface area (Å²) >= 11 is 0. The smallest absolute Gasteiger partial charge is 0.399 e. The first-order valence-corrected chi connectivity index (χ1v) is 8.23. The molecule has 4 nitrogen and oxygen atoms in total. The monoisotopic (exact) mass is 303 g/mol. The van der Waals surface area contributed by atoms with Crippen LogP contribution in [0.5, 0.6) is 0 Å². The molecule has 0 bridgehead atoms. The average molecular weight is 303 g/mol. The van der Waals surface area contributed by atoms with Gasteiger partial charge < -0.3 is 18.9 Å². The van der Waals surface area contributed by atoms with Crippen molar-refractivity contribution in [1.29, 1.82) is 0 Å². The second kappa shape index (κ2) is 5.87. The van der Waals surface area contributed by atoms with E-state index in [4.69, 9.17) is 14.0 Å². The molecule has 3 rings (SSSR count). The summed E-state index contributed by atoms with van der Waals surface area (Å²) in [7, 11) is -0.279. The number of rotatable bonds is 3. The molecule has 2 saturated heterocycles. The highest BCUT2D eigenvalue weighted by Crippen LogP contribution is 2.39. The van der Waals surface area contributed by atoms with Crippen LogP contribution in [0.1, 0.15) is 34.1 Å². The van der Waals surface area contributed by atoms with Gasteiger partial charge in [-0.3, -0.25) is 0 Å². The lowest BCUT2D eigenvalue weighted by molar-refractivity contribution is -0.0118. The highest BCUT2D eigenvalue weighted by atomic mass is 16.7. The summed E-state index contributed by atoms with van der Waals surface area (Å²) in [6.07, 6.45) is 0.933. The molecule has 1 atom stereocenters. The fourth-order valence-electron chi connectivity index (χ4n) is 3.10. The molecule has 5 heteroatoms. The first kappa shape index (κ1) is 15.8. The first-order chi connectivity index (χ1) is 10.5. The summed E-state index contributed by atoms with van der Waals surface area (Å²) in [5.74, 6) is 0. The molecule has 2 heterocycles. The van der Waals surface area contributed by atoms with E-state index in [1.54, 1.807) is 0 Å². The number of hydrogen-bond donors (Lipinski definition) is 0. The second-order valence-electron chi connectivity index (χ2n) is 6.85. The highest BCUT2D eigenvalue weighted by Gasteiger charge is 2.53. The number of anilines is 1. The van der Waals surface area contributed by atoms with Crippen LogP contribution in [0, 0.1) is 0 Å². The van der Waals surface area contributed by atoms with Gasteiger partial charge in [-0.15, -0.1) is 0 Å². The first-order valence-electron chi connectivity index (χ1n) is 8.23. The maximum absolute atomic E-state index is 6.23. The second-order valence-corrected chi connectivity index (χ2v) is 6.85. The van der Waals surface area contributed by atoms with Gasteiger partial charge in [0.2, 0.25) is 0 Å². The Hall–Kier alpha value is -1.04. The lowest BCUT2D eigenvalue weighted by Gasteiger charge is -2.35. The van der Waals surface area contributed by atoms with Crippen molar-refractivity contribution in [3.05, 3.63) is 24.3 Å². The van der Waals surface area contributed by atoms with Gasteiger partial charge in [0, 0.05) is 18.8 Å². The van der Waals surface area contributed by atoms with Crippen LogP contribution in [-0.4, -0.2) is 44.6 Å². The van der Waals surface area contributed by atoms with E-state index in [1.807, 2.05) is 0 Å². The molecule has 2 fully saturated rings. The van der Waals surface area contributed by atoms with Crippen LogP contribution in [0.4, 0.5) is 5.69 Å². The van der Waals surface area contributed by atoms with Gasteiger partial charge in [-0.05, 0) is 44.8 Å². The van der Waals surface area contributed by atoms with Crippen molar-refractivity contribution in [1.82, 2.24) is 0 Å². The van der Waals surface area contributed by atoms with Gasteiger partial charge in [-0.25, -0.2) is 0 Å². The predicted molar refractivity (Wildman–Crippen MR) is 89.8 cm³/mol. The minimum Gasteiger partial charge on any atom is -0.399 e. The number of ether oxygens (including phenoxy) is 1. The summed E-state index contributed by atoms with van der Waals surface area (Å²) < 4.78 is 17.8. The molecule has 0 amide bonds. The predicted octanol–water partition coefficient (Wildman–Crippen LogP) is 2.21. The Labute approximate surface area is 133 Å². The number of hydrogen-bond acceptors (Lipinski definition) is 4. The van der Waals surface area contributed by atoms with Crippen molar-refractivity contribution in [3.8, 4) is 0 Å². The van der Waals surface area contributed by atoms with E-state index in [9.17, 15) is 0 Å². The molecule has 120 valence electrons. The van der Waals surface area contributed by atoms with Crippen molar-refractivity contribution in [3.63, 3.8) is 0 Å². The molecular weight excluding hydrogens is 277 g/mol. The third kappa shape index (κ3) is 2.77. The summed E-state index contributed by atoms with van der Waals surface area (Å²) in [4.78, 5) is 2.35.